The van der Waals surface area contributed by atoms with Crippen molar-refractivity contribution < 1.29 is 9.53 Å². The van der Waals surface area contributed by atoms with Gasteiger partial charge in [0, 0.05) is 17.8 Å². The first-order valence-electron chi connectivity index (χ1n) is 9.30. The number of anilines is 2. The van der Waals surface area contributed by atoms with Gasteiger partial charge in [-0.05, 0) is 51.0 Å². The minimum Gasteiger partial charge on any atom is -0.494 e. The molecule has 1 amide bonds. The molecule has 0 radical (unpaired) electrons. The predicted octanol–water partition coefficient (Wildman–Crippen LogP) is 3.99. The number of ether oxygens (including phenoxy) is 1. The van der Waals surface area contributed by atoms with Crippen molar-refractivity contribution in [3.8, 4) is 5.75 Å². The molecule has 0 spiro atoms. The summed E-state index contributed by atoms with van der Waals surface area (Å²) in [5, 5.41) is 6.33. The van der Waals surface area contributed by atoms with Crippen LogP contribution < -0.4 is 15.4 Å². The molecule has 3 rings (SSSR count). The molecule has 1 aliphatic carbocycles. The molecule has 1 aliphatic rings. The minimum absolute atomic E-state index is 0.128. The third kappa shape index (κ3) is 4.94. The van der Waals surface area contributed by atoms with Crippen LogP contribution >= 0.6 is 0 Å². The lowest BCUT2D eigenvalue weighted by Crippen LogP contribution is -2.36. The van der Waals surface area contributed by atoms with Crippen molar-refractivity contribution in [1.29, 1.82) is 0 Å². The van der Waals surface area contributed by atoms with E-state index in [9.17, 15) is 4.79 Å². The van der Waals surface area contributed by atoms with E-state index in [0.29, 0.717) is 23.9 Å². The monoisotopic (exact) mass is 354 g/mol. The van der Waals surface area contributed by atoms with E-state index in [0.717, 1.165) is 24.3 Å². The van der Waals surface area contributed by atoms with Crippen LogP contribution in [0.2, 0.25) is 0 Å². The normalized spacial score (nSPS) is 14.7. The van der Waals surface area contributed by atoms with E-state index in [1.807, 2.05) is 31.2 Å². The van der Waals surface area contributed by atoms with Gasteiger partial charge in [0.2, 0.25) is 0 Å². The standard InChI is InChI=1S/C20H26N4O2/c1-3-26-17-11-9-16(10-12-17)23-19-13-18(21-14(2)22-19)20(25)24-15-7-5-4-6-8-15/h9-13,15H,3-8H2,1-2H3,(H,24,25)(H,21,22,23). The van der Waals surface area contributed by atoms with Crippen LogP contribution in [-0.4, -0.2) is 28.5 Å². The molecule has 1 aromatic heterocycles. The number of benzene rings is 1. The van der Waals surface area contributed by atoms with E-state index in [1.54, 1.807) is 13.0 Å². The fourth-order valence-corrected chi connectivity index (χ4v) is 3.20. The first-order valence-corrected chi connectivity index (χ1v) is 9.30. The number of amides is 1. The van der Waals surface area contributed by atoms with Crippen molar-refractivity contribution in [2.24, 2.45) is 0 Å². The zero-order chi connectivity index (χ0) is 18.4. The van der Waals surface area contributed by atoms with Gasteiger partial charge in [-0.3, -0.25) is 4.79 Å². The summed E-state index contributed by atoms with van der Waals surface area (Å²) in [6.07, 6.45) is 5.71. The van der Waals surface area contributed by atoms with E-state index in [-0.39, 0.29) is 11.9 Å². The van der Waals surface area contributed by atoms with Crippen LogP contribution in [0.3, 0.4) is 0 Å². The third-order valence-electron chi connectivity index (χ3n) is 4.45. The number of rotatable bonds is 6. The van der Waals surface area contributed by atoms with Crippen LogP contribution in [0.1, 0.15) is 55.3 Å². The molecule has 2 N–H and O–H groups in total. The molecule has 1 aromatic carbocycles. The molecule has 0 saturated heterocycles. The number of carbonyl (C=O) groups excluding carboxylic acids is 1. The molecule has 0 bridgehead atoms. The Morgan fingerprint density at radius 2 is 1.88 bits per heavy atom. The fraction of sp³-hybridized carbons (Fsp3) is 0.450. The number of aryl methyl sites for hydroxylation is 1. The van der Waals surface area contributed by atoms with Crippen LogP contribution in [0, 0.1) is 6.92 Å². The first kappa shape index (κ1) is 18.2. The highest BCUT2D eigenvalue weighted by molar-refractivity contribution is 5.93. The van der Waals surface area contributed by atoms with Gasteiger partial charge >= 0.3 is 0 Å². The number of hydrogen-bond donors (Lipinski definition) is 2. The molecule has 0 unspecified atom stereocenters. The largest absolute Gasteiger partial charge is 0.494 e. The van der Waals surface area contributed by atoms with Crippen LogP contribution in [0.25, 0.3) is 0 Å². The summed E-state index contributed by atoms with van der Waals surface area (Å²) >= 11 is 0. The van der Waals surface area contributed by atoms with Gasteiger partial charge in [-0.1, -0.05) is 19.3 Å². The fourth-order valence-electron chi connectivity index (χ4n) is 3.20. The first-order chi connectivity index (χ1) is 12.6. The minimum atomic E-state index is -0.128. The highest BCUT2D eigenvalue weighted by atomic mass is 16.5. The van der Waals surface area contributed by atoms with Crippen LogP contribution in [0.15, 0.2) is 30.3 Å². The van der Waals surface area contributed by atoms with Gasteiger partial charge in [0.25, 0.3) is 5.91 Å². The van der Waals surface area contributed by atoms with Gasteiger partial charge in [-0.2, -0.15) is 0 Å². The molecule has 2 aromatic rings. The maximum Gasteiger partial charge on any atom is 0.270 e. The molecule has 6 heteroatoms. The maximum atomic E-state index is 12.5. The quantitative estimate of drug-likeness (QED) is 0.820. The summed E-state index contributed by atoms with van der Waals surface area (Å²) in [6.45, 7) is 4.38. The van der Waals surface area contributed by atoms with E-state index < -0.39 is 0 Å². The van der Waals surface area contributed by atoms with Crippen LogP contribution in [-0.2, 0) is 0 Å². The van der Waals surface area contributed by atoms with E-state index in [2.05, 4.69) is 20.6 Å². The summed E-state index contributed by atoms with van der Waals surface area (Å²) in [5.41, 5.74) is 1.28. The second-order valence-electron chi connectivity index (χ2n) is 6.58. The van der Waals surface area contributed by atoms with E-state index in [4.69, 9.17) is 4.74 Å². The van der Waals surface area contributed by atoms with Gasteiger partial charge < -0.3 is 15.4 Å². The van der Waals surface area contributed by atoms with E-state index >= 15 is 0 Å². The predicted molar refractivity (Wildman–Crippen MR) is 102 cm³/mol. The van der Waals surface area contributed by atoms with Gasteiger partial charge in [-0.25, -0.2) is 9.97 Å². The molecule has 1 heterocycles. The molecule has 1 fully saturated rings. The molecular formula is C20H26N4O2. The van der Waals surface area contributed by atoms with Crippen LogP contribution in [0.4, 0.5) is 11.5 Å². The number of nitrogens with one attached hydrogen (secondary N) is 2. The number of aromatic nitrogens is 2. The Labute approximate surface area is 154 Å². The SMILES string of the molecule is CCOc1ccc(Nc2cc(C(=O)NC3CCCCC3)nc(C)n2)cc1. The Hall–Kier alpha value is -2.63. The lowest BCUT2D eigenvalue weighted by Gasteiger charge is -2.22. The average Bonchev–Trinajstić information content (AvgIpc) is 2.64. The Morgan fingerprint density at radius 3 is 2.58 bits per heavy atom. The lowest BCUT2D eigenvalue weighted by atomic mass is 9.95. The summed E-state index contributed by atoms with van der Waals surface area (Å²) in [6, 6.07) is 9.59. The summed E-state index contributed by atoms with van der Waals surface area (Å²) in [5.74, 6) is 1.87. The number of carbonyl (C=O) groups is 1. The summed E-state index contributed by atoms with van der Waals surface area (Å²) < 4.78 is 5.45. The smallest absolute Gasteiger partial charge is 0.270 e. The van der Waals surface area contributed by atoms with Crippen molar-refractivity contribution in [3.05, 3.63) is 41.9 Å². The Morgan fingerprint density at radius 1 is 1.15 bits per heavy atom. The number of hydrogen-bond acceptors (Lipinski definition) is 5. The second-order valence-corrected chi connectivity index (χ2v) is 6.58. The van der Waals surface area contributed by atoms with Crippen molar-refractivity contribution in [2.45, 2.75) is 52.0 Å². The Bertz CT molecular complexity index is 740. The molecular weight excluding hydrogens is 328 g/mol. The van der Waals surface area contributed by atoms with Gasteiger partial charge in [0.15, 0.2) is 0 Å². The van der Waals surface area contributed by atoms with Crippen LogP contribution in [0.5, 0.6) is 5.75 Å². The van der Waals surface area contributed by atoms with Gasteiger partial charge in [0.05, 0.1) is 6.61 Å². The van der Waals surface area contributed by atoms with Crippen molar-refractivity contribution in [1.82, 2.24) is 15.3 Å². The lowest BCUT2D eigenvalue weighted by molar-refractivity contribution is 0.0922. The highest BCUT2D eigenvalue weighted by Crippen LogP contribution is 2.20. The van der Waals surface area contributed by atoms with Crippen molar-refractivity contribution in [2.75, 3.05) is 11.9 Å². The molecule has 1 saturated carbocycles. The van der Waals surface area contributed by atoms with E-state index in [1.165, 1.54) is 19.3 Å². The topological polar surface area (TPSA) is 76.1 Å². The molecule has 138 valence electrons. The molecule has 6 nitrogen and oxygen atoms in total. The Kier molecular flexibility index (Phi) is 6.04. The zero-order valence-electron chi connectivity index (χ0n) is 15.4. The third-order valence-corrected chi connectivity index (χ3v) is 4.45. The Balaban J connectivity index is 1.69. The number of nitrogens with zero attached hydrogens (tertiary/aromatic N) is 2. The van der Waals surface area contributed by atoms with Crippen molar-refractivity contribution >= 4 is 17.4 Å². The maximum absolute atomic E-state index is 12.5. The van der Waals surface area contributed by atoms with Gasteiger partial charge in [-0.15, -0.1) is 0 Å². The summed E-state index contributed by atoms with van der Waals surface area (Å²) in [7, 11) is 0. The molecule has 0 aliphatic heterocycles. The highest BCUT2D eigenvalue weighted by Gasteiger charge is 2.18. The van der Waals surface area contributed by atoms with Gasteiger partial charge in [0.1, 0.15) is 23.1 Å². The summed E-state index contributed by atoms with van der Waals surface area (Å²) in [4.78, 5) is 21.2. The second kappa shape index (κ2) is 8.65. The van der Waals surface area contributed by atoms with Crippen molar-refractivity contribution in [3.63, 3.8) is 0 Å². The molecule has 26 heavy (non-hydrogen) atoms. The average molecular weight is 354 g/mol. The molecule has 0 atom stereocenters. The zero-order valence-corrected chi connectivity index (χ0v) is 15.4.